The lowest BCUT2D eigenvalue weighted by molar-refractivity contribution is 0.550. The van der Waals surface area contributed by atoms with Crippen LogP contribution in [-0.2, 0) is 16.6 Å². The van der Waals surface area contributed by atoms with E-state index in [9.17, 15) is 13.2 Å². The summed E-state index contributed by atoms with van der Waals surface area (Å²) >= 11 is 2.68. The minimum atomic E-state index is -3.53. The number of rotatable bonds is 6. The van der Waals surface area contributed by atoms with Crippen LogP contribution in [0.5, 0.6) is 0 Å². The van der Waals surface area contributed by atoms with Gasteiger partial charge in [-0.3, -0.25) is 4.79 Å². The summed E-state index contributed by atoms with van der Waals surface area (Å²) in [6.07, 6.45) is 0. The topological polar surface area (TPSA) is 81.1 Å². The maximum atomic E-state index is 12.0. The van der Waals surface area contributed by atoms with Crippen molar-refractivity contribution in [3.63, 3.8) is 0 Å². The number of hydrogen-bond acceptors (Lipinski definition) is 6. The van der Waals surface area contributed by atoms with Gasteiger partial charge in [-0.25, -0.2) is 17.8 Å². The van der Waals surface area contributed by atoms with Gasteiger partial charge in [0.1, 0.15) is 9.90 Å². The summed E-state index contributed by atoms with van der Waals surface area (Å²) < 4.78 is 28.0. The van der Waals surface area contributed by atoms with Crippen molar-refractivity contribution < 1.29 is 8.42 Å². The highest BCUT2D eigenvalue weighted by atomic mass is 32.2. The fourth-order valence-corrected chi connectivity index (χ4v) is 4.69. The van der Waals surface area contributed by atoms with Crippen molar-refractivity contribution in [2.24, 2.45) is 0 Å². The minimum Gasteiger partial charge on any atom is -0.268 e. The van der Waals surface area contributed by atoms with E-state index in [4.69, 9.17) is 0 Å². The Kier molecular flexibility index (Phi) is 4.71. The third-order valence-corrected chi connectivity index (χ3v) is 6.77. The summed E-state index contributed by atoms with van der Waals surface area (Å²) in [6, 6.07) is 10.1. The zero-order chi connectivity index (χ0) is 16.3. The van der Waals surface area contributed by atoms with Crippen molar-refractivity contribution in [3.05, 3.63) is 57.5 Å². The Bertz CT molecular complexity index is 929. The van der Waals surface area contributed by atoms with Gasteiger partial charge in [0, 0.05) is 12.6 Å². The molecule has 0 fully saturated rings. The molecule has 6 nitrogen and oxygen atoms in total. The maximum Gasteiger partial charge on any atom is 0.266 e. The second-order valence-corrected chi connectivity index (χ2v) is 8.48. The first-order valence-corrected chi connectivity index (χ1v) is 9.96. The zero-order valence-corrected chi connectivity index (χ0v) is 14.3. The average molecular weight is 367 g/mol. The first-order valence-electron chi connectivity index (χ1n) is 6.71. The van der Waals surface area contributed by atoms with Gasteiger partial charge in [0.15, 0.2) is 0 Å². The van der Waals surface area contributed by atoms with E-state index in [2.05, 4.69) is 9.82 Å². The quantitative estimate of drug-likeness (QED) is 0.723. The second kappa shape index (κ2) is 6.75. The smallest absolute Gasteiger partial charge is 0.266 e. The van der Waals surface area contributed by atoms with Crippen LogP contribution >= 0.6 is 22.7 Å². The van der Waals surface area contributed by atoms with Gasteiger partial charge in [0.25, 0.3) is 5.56 Å². The van der Waals surface area contributed by atoms with E-state index in [1.165, 1.54) is 28.2 Å². The molecule has 0 saturated carbocycles. The van der Waals surface area contributed by atoms with Gasteiger partial charge >= 0.3 is 0 Å². The Morgan fingerprint density at radius 1 is 1.09 bits per heavy atom. The SMILES string of the molecule is O=c1ccc(-c2cccs2)nn1CCNS(=O)(=O)c1cccs1. The molecule has 9 heteroatoms. The van der Waals surface area contributed by atoms with Gasteiger partial charge in [-0.1, -0.05) is 12.1 Å². The molecule has 0 bridgehead atoms. The van der Waals surface area contributed by atoms with Crippen LogP contribution in [0.1, 0.15) is 0 Å². The van der Waals surface area contributed by atoms with Crippen LogP contribution < -0.4 is 10.3 Å². The highest BCUT2D eigenvalue weighted by molar-refractivity contribution is 7.91. The molecule has 0 radical (unpaired) electrons. The Hall–Kier alpha value is -1.81. The van der Waals surface area contributed by atoms with E-state index in [-0.39, 0.29) is 22.9 Å². The van der Waals surface area contributed by atoms with E-state index >= 15 is 0 Å². The highest BCUT2D eigenvalue weighted by Gasteiger charge is 2.14. The Morgan fingerprint density at radius 2 is 1.87 bits per heavy atom. The Morgan fingerprint density at radius 3 is 2.57 bits per heavy atom. The van der Waals surface area contributed by atoms with Crippen molar-refractivity contribution in [2.45, 2.75) is 10.8 Å². The molecule has 0 aliphatic heterocycles. The van der Waals surface area contributed by atoms with Crippen molar-refractivity contribution in [1.82, 2.24) is 14.5 Å². The van der Waals surface area contributed by atoms with Crippen LogP contribution in [0.3, 0.4) is 0 Å². The molecule has 0 unspecified atom stereocenters. The van der Waals surface area contributed by atoms with E-state index in [1.807, 2.05) is 17.5 Å². The molecule has 1 N–H and O–H groups in total. The summed E-state index contributed by atoms with van der Waals surface area (Å²) in [4.78, 5) is 12.8. The molecule has 0 amide bonds. The van der Waals surface area contributed by atoms with Crippen LogP contribution in [0.25, 0.3) is 10.6 Å². The molecule has 0 saturated heterocycles. The third kappa shape index (κ3) is 3.75. The molecule has 3 aromatic heterocycles. The van der Waals surface area contributed by atoms with Crippen LogP contribution in [-0.4, -0.2) is 24.7 Å². The lowest BCUT2D eigenvalue weighted by Gasteiger charge is -2.07. The minimum absolute atomic E-state index is 0.0982. The van der Waals surface area contributed by atoms with Gasteiger partial charge in [0.2, 0.25) is 10.0 Å². The van der Waals surface area contributed by atoms with Gasteiger partial charge in [-0.15, -0.1) is 22.7 Å². The lowest BCUT2D eigenvalue weighted by atomic mass is 10.3. The Labute approximate surface area is 141 Å². The van der Waals surface area contributed by atoms with Crippen LogP contribution in [0.2, 0.25) is 0 Å². The molecule has 0 aliphatic carbocycles. The average Bonchev–Trinajstić information content (AvgIpc) is 3.23. The predicted octanol–water partition coefficient (Wildman–Crippen LogP) is 2.01. The van der Waals surface area contributed by atoms with Crippen molar-refractivity contribution >= 4 is 32.7 Å². The maximum absolute atomic E-state index is 12.0. The summed E-state index contributed by atoms with van der Waals surface area (Å²) in [6.45, 7) is 0.268. The summed E-state index contributed by atoms with van der Waals surface area (Å²) in [7, 11) is -3.53. The van der Waals surface area contributed by atoms with Gasteiger partial charge in [-0.05, 0) is 29.0 Å². The molecule has 120 valence electrons. The van der Waals surface area contributed by atoms with Crippen molar-refractivity contribution in [1.29, 1.82) is 0 Å². The monoisotopic (exact) mass is 367 g/mol. The number of aromatic nitrogens is 2. The molecule has 0 atom stereocenters. The molecule has 0 aromatic carbocycles. The van der Waals surface area contributed by atoms with E-state index in [1.54, 1.807) is 17.5 Å². The molecule has 0 spiro atoms. The molecular weight excluding hydrogens is 354 g/mol. The first kappa shape index (κ1) is 16.1. The predicted molar refractivity (Wildman–Crippen MR) is 91.3 cm³/mol. The molecule has 3 aromatic rings. The number of nitrogens with one attached hydrogen (secondary N) is 1. The zero-order valence-electron chi connectivity index (χ0n) is 11.9. The second-order valence-electron chi connectivity index (χ2n) is 4.59. The molecule has 0 aliphatic rings. The van der Waals surface area contributed by atoms with E-state index in [0.717, 1.165) is 16.2 Å². The van der Waals surface area contributed by atoms with Gasteiger partial charge in [0.05, 0.1) is 11.4 Å². The summed E-state index contributed by atoms with van der Waals surface area (Å²) in [5, 5.41) is 7.91. The molecular formula is C14H13N3O3S3. The Balaban J connectivity index is 1.71. The standard InChI is InChI=1S/C14H13N3O3S3/c18-13-6-5-11(12-3-1-9-21-12)16-17(13)8-7-15-23(19,20)14-4-2-10-22-14/h1-6,9-10,15H,7-8H2. The third-order valence-electron chi connectivity index (χ3n) is 3.02. The number of thiophene rings is 2. The van der Waals surface area contributed by atoms with Gasteiger partial charge < -0.3 is 0 Å². The van der Waals surface area contributed by atoms with Crippen molar-refractivity contribution in [2.75, 3.05) is 6.54 Å². The van der Waals surface area contributed by atoms with Crippen LogP contribution in [0.4, 0.5) is 0 Å². The molecule has 3 rings (SSSR count). The molecule has 3 heterocycles. The van der Waals surface area contributed by atoms with E-state index < -0.39 is 10.0 Å². The summed E-state index contributed by atoms with van der Waals surface area (Å²) in [5.41, 5.74) is 0.432. The first-order chi connectivity index (χ1) is 11.1. The number of hydrogen-bond donors (Lipinski definition) is 1. The van der Waals surface area contributed by atoms with Crippen LogP contribution in [0.15, 0.2) is 56.2 Å². The number of sulfonamides is 1. The molecule has 23 heavy (non-hydrogen) atoms. The highest BCUT2D eigenvalue weighted by Crippen LogP contribution is 2.21. The fourth-order valence-electron chi connectivity index (χ4n) is 1.94. The number of nitrogens with zero attached hydrogens (tertiary/aromatic N) is 2. The van der Waals surface area contributed by atoms with E-state index in [0.29, 0.717) is 5.69 Å². The summed E-state index contributed by atoms with van der Waals surface area (Å²) in [5.74, 6) is 0. The fraction of sp³-hybridized carbons (Fsp3) is 0.143. The largest absolute Gasteiger partial charge is 0.268 e. The van der Waals surface area contributed by atoms with Crippen LogP contribution in [0, 0.1) is 0 Å². The van der Waals surface area contributed by atoms with Gasteiger partial charge in [-0.2, -0.15) is 5.10 Å². The normalized spacial score (nSPS) is 11.7. The lowest BCUT2D eigenvalue weighted by Crippen LogP contribution is -2.31. The van der Waals surface area contributed by atoms with Crippen molar-refractivity contribution in [3.8, 4) is 10.6 Å².